The highest BCUT2D eigenvalue weighted by Gasteiger charge is 2.32. The number of hydrogen-bond donors (Lipinski definition) is 2. The summed E-state index contributed by atoms with van der Waals surface area (Å²) < 4.78 is 39.0. The molecule has 0 fully saturated rings. The molecule has 30 heavy (non-hydrogen) atoms. The van der Waals surface area contributed by atoms with Gasteiger partial charge in [0.2, 0.25) is 5.84 Å². The molecule has 1 unspecified atom stereocenters. The van der Waals surface area contributed by atoms with Crippen molar-refractivity contribution in [3.63, 3.8) is 0 Å². The van der Waals surface area contributed by atoms with Crippen molar-refractivity contribution in [3.8, 4) is 0 Å². The SMILES string of the molecule is Clc1ccc([NH+]2N=C(c3ccccc3)NN2c2ccccc2)cc1Cl.F[B-](F)(F)F. The van der Waals surface area contributed by atoms with Crippen molar-refractivity contribution in [2.75, 3.05) is 5.12 Å². The second-order valence-corrected chi connectivity index (χ2v) is 6.87. The van der Waals surface area contributed by atoms with E-state index < -0.39 is 7.25 Å². The van der Waals surface area contributed by atoms with E-state index in [0.717, 1.165) is 27.9 Å². The molecular formula is C19H15BCl2F4N4. The van der Waals surface area contributed by atoms with Crippen LogP contribution in [0.5, 0.6) is 0 Å². The van der Waals surface area contributed by atoms with Gasteiger partial charge in [-0.3, -0.25) is 0 Å². The summed E-state index contributed by atoms with van der Waals surface area (Å²) in [5.74, 6) is 0.783. The van der Waals surface area contributed by atoms with E-state index in [1.54, 1.807) is 6.07 Å². The molecule has 0 spiro atoms. The van der Waals surface area contributed by atoms with E-state index in [-0.39, 0.29) is 0 Å². The van der Waals surface area contributed by atoms with E-state index in [1.165, 1.54) is 0 Å². The van der Waals surface area contributed by atoms with E-state index in [2.05, 4.69) is 5.43 Å². The molecule has 0 aromatic heterocycles. The predicted octanol–water partition coefficient (Wildman–Crippen LogP) is 5.11. The summed E-state index contributed by atoms with van der Waals surface area (Å²) in [6.07, 6.45) is 0. The first-order chi connectivity index (χ1) is 14.2. The number of benzene rings is 3. The number of anilines is 1. The zero-order chi connectivity index (χ0) is 21.7. The Balaban J connectivity index is 0.000000461. The van der Waals surface area contributed by atoms with Gasteiger partial charge in [-0.1, -0.05) is 82.0 Å². The van der Waals surface area contributed by atoms with Gasteiger partial charge in [-0.25, -0.2) is 5.43 Å². The number of halogens is 6. The number of para-hydroxylation sites is 1. The van der Waals surface area contributed by atoms with Gasteiger partial charge in [-0.2, -0.15) is 0 Å². The van der Waals surface area contributed by atoms with E-state index in [1.807, 2.05) is 77.9 Å². The van der Waals surface area contributed by atoms with Gasteiger partial charge in [0.1, 0.15) is 5.69 Å². The Bertz CT molecular complexity index is 1010. The van der Waals surface area contributed by atoms with Crippen LogP contribution in [0.2, 0.25) is 10.0 Å². The maximum absolute atomic E-state index is 9.75. The molecule has 2 N–H and O–H groups in total. The quantitative estimate of drug-likeness (QED) is 0.424. The smallest absolute Gasteiger partial charge is 0.418 e. The van der Waals surface area contributed by atoms with E-state index in [9.17, 15) is 17.3 Å². The lowest BCUT2D eigenvalue weighted by Crippen LogP contribution is -3.10. The molecule has 3 aromatic rings. The second kappa shape index (κ2) is 9.38. The largest absolute Gasteiger partial charge is 0.673 e. The minimum atomic E-state index is -6.00. The summed E-state index contributed by atoms with van der Waals surface area (Å²) in [5, 5.41) is 8.54. The van der Waals surface area contributed by atoms with Gasteiger partial charge in [0.25, 0.3) is 0 Å². The Kier molecular flexibility index (Phi) is 6.86. The summed E-state index contributed by atoms with van der Waals surface area (Å²) in [5.41, 5.74) is 6.26. The van der Waals surface area contributed by atoms with Crippen LogP contribution in [0.4, 0.5) is 28.6 Å². The molecule has 4 rings (SSSR count). The van der Waals surface area contributed by atoms with E-state index in [4.69, 9.17) is 28.3 Å². The first-order valence-corrected chi connectivity index (χ1v) is 9.43. The molecular weight excluding hydrogens is 442 g/mol. The molecule has 0 saturated heterocycles. The standard InChI is InChI=1S/C19H14Cl2N4.BF4/c20-17-12-11-16(13-18(17)21)25-23-19(14-7-3-1-4-8-14)22-24(25)15-9-5-2-6-10-15;2-1(3,4)5/h1-13H,(H,22,23);/q;-1/p+1. The minimum Gasteiger partial charge on any atom is -0.418 e. The Hall–Kier alpha value is -2.75. The van der Waals surface area contributed by atoms with Crippen LogP contribution in [0, 0.1) is 0 Å². The average Bonchev–Trinajstić information content (AvgIpc) is 3.16. The fourth-order valence-electron chi connectivity index (χ4n) is 2.66. The average molecular weight is 457 g/mol. The highest BCUT2D eigenvalue weighted by Crippen LogP contribution is 2.24. The van der Waals surface area contributed by atoms with Crippen molar-refractivity contribution in [2.45, 2.75) is 0 Å². The normalized spacial score (nSPS) is 15.7. The number of quaternary nitrogens is 1. The molecule has 1 heterocycles. The van der Waals surface area contributed by atoms with E-state index in [0.29, 0.717) is 10.0 Å². The molecule has 1 aliphatic rings. The highest BCUT2D eigenvalue weighted by atomic mass is 35.5. The lowest BCUT2D eigenvalue weighted by Gasteiger charge is -2.21. The van der Waals surface area contributed by atoms with Gasteiger partial charge in [0.15, 0.2) is 5.69 Å². The number of amidine groups is 1. The fraction of sp³-hybridized carbons (Fsp3) is 0. The third-order valence-electron chi connectivity index (χ3n) is 3.89. The molecule has 0 radical (unpaired) electrons. The first kappa shape index (κ1) is 22.0. The first-order valence-electron chi connectivity index (χ1n) is 8.68. The predicted molar refractivity (Wildman–Crippen MR) is 112 cm³/mol. The molecule has 0 saturated carbocycles. The highest BCUT2D eigenvalue weighted by molar-refractivity contribution is 6.50. The van der Waals surface area contributed by atoms with Gasteiger partial charge in [-0.15, -0.1) is 0 Å². The molecule has 156 valence electrons. The Morgan fingerprint density at radius 1 is 0.800 bits per heavy atom. The van der Waals surface area contributed by atoms with Crippen molar-refractivity contribution in [1.82, 2.24) is 5.43 Å². The zero-order valence-electron chi connectivity index (χ0n) is 15.2. The zero-order valence-corrected chi connectivity index (χ0v) is 16.8. The molecule has 0 amide bonds. The summed E-state index contributed by atoms with van der Waals surface area (Å²) in [6, 6.07) is 25.5. The topological polar surface area (TPSA) is 32.1 Å². The Morgan fingerprint density at radius 2 is 1.37 bits per heavy atom. The second-order valence-electron chi connectivity index (χ2n) is 6.06. The van der Waals surface area contributed by atoms with Crippen molar-refractivity contribution in [2.24, 2.45) is 5.10 Å². The summed E-state index contributed by atoms with van der Waals surface area (Å²) in [6.45, 7) is 0. The van der Waals surface area contributed by atoms with Gasteiger partial charge in [-0.05, 0) is 23.3 Å². The molecule has 0 bridgehead atoms. The number of hydrogen-bond acceptors (Lipinski definition) is 3. The van der Waals surface area contributed by atoms with Crippen molar-refractivity contribution in [1.29, 1.82) is 0 Å². The lowest BCUT2D eigenvalue weighted by atomic mass is 10.2. The van der Waals surface area contributed by atoms with Crippen LogP contribution < -0.4 is 15.7 Å². The van der Waals surface area contributed by atoms with Crippen LogP contribution in [0.1, 0.15) is 5.56 Å². The number of rotatable bonds is 3. The summed E-state index contributed by atoms with van der Waals surface area (Å²) >= 11 is 12.3. The van der Waals surface area contributed by atoms with Crippen molar-refractivity contribution >= 4 is 47.7 Å². The molecule has 3 aromatic carbocycles. The minimum absolute atomic E-state index is 0.503. The number of nitrogens with one attached hydrogen (secondary N) is 2. The molecule has 1 atom stereocenters. The van der Waals surface area contributed by atoms with Gasteiger partial charge < -0.3 is 17.3 Å². The Morgan fingerprint density at radius 3 is 1.93 bits per heavy atom. The van der Waals surface area contributed by atoms with Gasteiger partial charge in [0.05, 0.1) is 10.0 Å². The summed E-state index contributed by atoms with van der Waals surface area (Å²) in [4.78, 5) is 0. The maximum Gasteiger partial charge on any atom is 0.673 e. The van der Waals surface area contributed by atoms with Crippen LogP contribution in [0.25, 0.3) is 0 Å². The maximum atomic E-state index is 9.75. The summed E-state index contributed by atoms with van der Waals surface area (Å²) in [7, 11) is -6.00. The molecule has 0 aliphatic carbocycles. The number of hydrazine groups is 1. The molecule has 1 aliphatic heterocycles. The van der Waals surface area contributed by atoms with Crippen LogP contribution in [-0.2, 0) is 0 Å². The monoisotopic (exact) mass is 456 g/mol. The molecule has 4 nitrogen and oxygen atoms in total. The van der Waals surface area contributed by atoms with Crippen LogP contribution in [0.3, 0.4) is 0 Å². The van der Waals surface area contributed by atoms with Crippen LogP contribution in [0.15, 0.2) is 84.0 Å². The Labute approximate surface area is 180 Å². The van der Waals surface area contributed by atoms with Gasteiger partial charge in [0, 0.05) is 17.7 Å². The van der Waals surface area contributed by atoms with Crippen LogP contribution >= 0.6 is 23.2 Å². The van der Waals surface area contributed by atoms with Gasteiger partial charge >= 0.3 is 7.25 Å². The third kappa shape index (κ3) is 5.88. The lowest BCUT2D eigenvalue weighted by molar-refractivity contribution is -0.846. The molecule has 11 heteroatoms. The fourth-order valence-corrected chi connectivity index (χ4v) is 2.96. The number of nitrogens with zero attached hydrogens (tertiary/aromatic N) is 2. The third-order valence-corrected chi connectivity index (χ3v) is 4.63. The van der Waals surface area contributed by atoms with Crippen molar-refractivity contribution in [3.05, 3.63) is 94.5 Å². The van der Waals surface area contributed by atoms with Crippen LogP contribution in [-0.4, -0.2) is 13.1 Å². The van der Waals surface area contributed by atoms with E-state index >= 15 is 0 Å². The van der Waals surface area contributed by atoms with Crippen molar-refractivity contribution < 1.29 is 22.4 Å².